The molecule has 1 amide bonds. The fraction of sp³-hybridized carbons (Fsp3) is 0.263. The average Bonchev–Trinajstić information content (AvgIpc) is 2.95. The van der Waals surface area contributed by atoms with Crippen LogP contribution in [0.2, 0.25) is 0 Å². The second-order valence-corrected chi connectivity index (χ2v) is 10.1. The molecule has 0 atom stereocenters. The number of aryl methyl sites for hydroxylation is 1. The lowest BCUT2D eigenvalue weighted by atomic mass is 10.0. The molecule has 172 valence electrons. The highest BCUT2D eigenvalue weighted by Gasteiger charge is 2.36. The molecule has 1 fully saturated rings. The molecule has 0 saturated carbocycles. The molecule has 1 heterocycles. The maximum atomic E-state index is 12.2. The molecular formula is C19H20N2O9S2. The minimum Gasteiger partial charge on any atom is -0.437 e. The number of benzene rings is 2. The molecule has 32 heavy (non-hydrogen) atoms. The number of hydrogen-bond donors (Lipinski definition) is 1. The SMILES string of the molecule is COC(=O)Oc1cc(Cc2cc(C)ccc2OS(C)(=O)=O)ccc1N1CC(=O)NS1(=O)=O. The number of rotatable bonds is 6. The van der Waals surface area contributed by atoms with E-state index in [1.54, 1.807) is 18.2 Å². The van der Waals surface area contributed by atoms with E-state index in [9.17, 15) is 26.4 Å². The van der Waals surface area contributed by atoms with Gasteiger partial charge in [0.25, 0.3) is 5.91 Å². The third-order valence-corrected chi connectivity index (χ3v) is 6.20. The summed E-state index contributed by atoms with van der Waals surface area (Å²) >= 11 is 0. The van der Waals surface area contributed by atoms with E-state index in [1.165, 1.54) is 18.2 Å². The van der Waals surface area contributed by atoms with E-state index in [0.717, 1.165) is 23.2 Å². The minimum atomic E-state index is -4.14. The Hall–Kier alpha value is -3.32. The summed E-state index contributed by atoms with van der Waals surface area (Å²) in [6, 6.07) is 9.30. The number of carbonyl (C=O) groups is 2. The molecule has 1 N–H and O–H groups in total. The summed E-state index contributed by atoms with van der Waals surface area (Å²) in [4.78, 5) is 23.3. The maximum absolute atomic E-state index is 12.2. The third-order valence-electron chi connectivity index (χ3n) is 4.32. The summed E-state index contributed by atoms with van der Waals surface area (Å²) in [5.41, 5.74) is 1.90. The minimum absolute atomic E-state index is 0.0469. The lowest BCUT2D eigenvalue weighted by molar-refractivity contribution is -0.117. The van der Waals surface area contributed by atoms with Gasteiger partial charge in [0, 0.05) is 12.0 Å². The van der Waals surface area contributed by atoms with Crippen molar-refractivity contribution in [3.8, 4) is 11.5 Å². The monoisotopic (exact) mass is 484 g/mol. The molecule has 3 rings (SSSR count). The molecule has 0 spiro atoms. The summed E-state index contributed by atoms with van der Waals surface area (Å²) in [6.45, 7) is 1.34. The zero-order valence-corrected chi connectivity index (χ0v) is 18.9. The number of nitrogens with zero attached hydrogens (tertiary/aromatic N) is 1. The Balaban J connectivity index is 2.03. The van der Waals surface area contributed by atoms with Gasteiger partial charge in [-0.3, -0.25) is 4.79 Å². The van der Waals surface area contributed by atoms with Crippen molar-refractivity contribution in [3.05, 3.63) is 53.1 Å². The maximum Gasteiger partial charge on any atom is 0.513 e. The molecule has 1 aliphatic heterocycles. The number of amides is 1. The highest BCUT2D eigenvalue weighted by atomic mass is 32.2. The van der Waals surface area contributed by atoms with E-state index in [1.807, 2.05) is 11.6 Å². The zero-order valence-electron chi connectivity index (χ0n) is 17.3. The molecule has 13 heteroatoms. The van der Waals surface area contributed by atoms with Crippen LogP contribution in [-0.4, -0.2) is 48.8 Å². The fourth-order valence-electron chi connectivity index (χ4n) is 3.06. The molecule has 0 aliphatic carbocycles. The van der Waals surface area contributed by atoms with Crippen molar-refractivity contribution in [2.75, 3.05) is 24.2 Å². The molecule has 11 nitrogen and oxygen atoms in total. The van der Waals surface area contributed by atoms with Gasteiger partial charge in [0.15, 0.2) is 5.75 Å². The summed E-state index contributed by atoms with van der Waals surface area (Å²) in [6.07, 6.45) is 0.0179. The van der Waals surface area contributed by atoms with Gasteiger partial charge in [-0.2, -0.15) is 16.8 Å². The summed E-state index contributed by atoms with van der Waals surface area (Å²) in [5, 5.41) is 0. The molecular weight excluding hydrogens is 464 g/mol. The van der Waals surface area contributed by atoms with E-state index in [2.05, 4.69) is 4.74 Å². The van der Waals surface area contributed by atoms with Crippen LogP contribution in [0.3, 0.4) is 0 Å². The first-order valence-corrected chi connectivity index (χ1v) is 12.3. The highest BCUT2D eigenvalue weighted by molar-refractivity contribution is 7.92. The molecule has 0 bridgehead atoms. The number of hydrogen-bond acceptors (Lipinski definition) is 9. The van der Waals surface area contributed by atoms with Crippen molar-refractivity contribution in [1.29, 1.82) is 0 Å². The lowest BCUT2D eigenvalue weighted by Gasteiger charge is -2.19. The smallest absolute Gasteiger partial charge is 0.437 e. The molecule has 0 radical (unpaired) electrons. The summed E-state index contributed by atoms with van der Waals surface area (Å²) in [5.74, 6) is -0.761. The van der Waals surface area contributed by atoms with Crippen LogP contribution in [0.5, 0.6) is 11.5 Å². The van der Waals surface area contributed by atoms with Crippen LogP contribution < -0.4 is 17.9 Å². The molecule has 2 aromatic rings. The Morgan fingerprint density at radius 1 is 1.16 bits per heavy atom. The van der Waals surface area contributed by atoms with Crippen molar-refractivity contribution in [1.82, 2.24) is 4.72 Å². The largest absolute Gasteiger partial charge is 0.513 e. The summed E-state index contributed by atoms with van der Waals surface area (Å²) < 4.78 is 64.9. The number of methoxy groups -OCH3 is 1. The van der Waals surface area contributed by atoms with E-state index >= 15 is 0 Å². The van der Waals surface area contributed by atoms with Gasteiger partial charge in [0.2, 0.25) is 0 Å². The van der Waals surface area contributed by atoms with Crippen LogP contribution in [0.25, 0.3) is 0 Å². The van der Waals surface area contributed by atoms with Gasteiger partial charge in [-0.25, -0.2) is 13.8 Å². The third kappa shape index (κ3) is 5.48. The second-order valence-electron chi connectivity index (χ2n) is 6.97. The first-order chi connectivity index (χ1) is 14.9. The molecule has 2 aromatic carbocycles. The number of nitrogens with one attached hydrogen (secondary N) is 1. The number of anilines is 1. The van der Waals surface area contributed by atoms with Crippen LogP contribution in [-0.2, 0) is 36.3 Å². The van der Waals surface area contributed by atoms with Crippen LogP contribution >= 0.6 is 0 Å². The Kier molecular flexibility index (Phi) is 6.32. The number of carbonyl (C=O) groups excluding carboxylic acids is 2. The molecule has 0 aromatic heterocycles. The van der Waals surface area contributed by atoms with Crippen LogP contribution in [0.1, 0.15) is 16.7 Å². The Labute approximate surface area is 185 Å². The lowest BCUT2D eigenvalue weighted by Crippen LogP contribution is -2.30. The topological polar surface area (TPSA) is 145 Å². The van der Waals surface area contributed by atoms with Gasteiger partial charge in [0.1, 0.15) is 12.3 Å². The van der Waals surface area contributed by atoms with E-state index < -0.39 is 38.9 Å². The van der Waals surface area contributed by atoms with E-state index in [-0.39, 0.29) is 23.6 Å². The normalized spacial score (nSPS) is 15.2. The summed E-state index contributed by atoms with van der Waals surface area (Å²) in [7, 11) is -6.82. The van der Waals surface area contributed by atoms with Crippen molar-refractivity contribution >= 4 is 38.1 Å². The highest BCUT2D eigenvalue weighted by Crippen LogP contribution is 2.34. The Morgan fingerprint density at radius 3 is 2.47 bits per heavy atom. The predicted octanol–water partition coefficient (Wildman–Crippen LogP) is 1.25. The quantitative estimate of drug-likeness (QED) is 0.364. The Morgan fingerprint density at radius 2 is 1.88 bits per heavy atom. The van der Waals surface area contributed by atoms with Gasteiger partial charge in [-0.1, -0.05) is 23.8 Å². The zero-order chi connectivity index (χ0) is 23.7. The van der Waals surface area contributed by atoms with E-state index in [4.69, 9.17) is 8.92 Å². The van der Waals surface area contributed by atoms with Crippen LogP contribution in [0.15, 0.2) is 36.4 Å². The van der Waals surface area contributed by atoms with Crippen molar-refractivity contribution in [2.45, 2.75) is 13.3 Å². The first-order valence-electron chi connectivity index (χ1n) is 9.09. The van der Waals surface area contributed by atoms with E-state index in [0.29, 0.717) is 11.1 Å². The second kappa shape index (κ2) is 8.67. The number of ether oxygens (including phenoxy) is 2. The van der Waals surface area contributed by atoms with Gasteiger partial charge in [0.05, 0.1) is 19.1 Å². The van der Waals surface area contributed by atoms with Gasteiger partial charge in [-0.15, -0.1) is 0 Å². The van der Waals surface area contributed by atoms with Crippen LogP contribution in [0, 0.1) is 6.92 Å². The molecule has 1 saturated heterocycles. The standard InChI is InChI=1S/C19H20N2O9S2/c1-12-4-7-16(30-31(3,24)25)14(8-12)9-13-5-6-15(17(10-13)29-19(23)28-2)21-11-18(22)20-32(21,26)27/h4-8,10H,9,11H2,1-3H3,(H,20,22). The fourth-order valence-corrected chi connectivity index (χ4v) is 4.71. The van der Waals surface area contributed by atoms with Gasteiger partial charge < -0.3 is 13.7 Å². The molecule has 0 unspecified atom stereocenters. The van der Waals surface area contributed by atoms with Gasteiger partial charge in [-0.05, 0) is 30.7 Å². The first kappa shape index (κ1) is 23.3. The van der Waals surface area contributed by atoms with Crippen molar-refractivity contribution in [2.24, 2.45) is 0 Å². The Bertz CT molecular complexity index is 1290. The van der Waals surface area contributed by atoms with Crippen LogP contribution in [0.4, 0.5) is 10.5 Å². The van der Waals surface area contributed by atoms with Gasteiger partial charge >= 0.3 is 26.5 Å². The average molecular weight is 485 g/mol. The van der Waals surface area contributed by atoms with Crippen molar-refractivity contribution < 1.29 is 40.1 Å². The van der Waals surface area contributed by atoms with Crippen molar-refractivity contribution in [3.63, 3.8) is 0 Å². The predicted molar refractivity (Wildman–Crippen MR) is 113 cm³/mol. The molecule has 1 aliphatic rings.